The molecule has 0 aromatic heterocycles. The Bertz CT molecular complexity index is 621. The number of amides is 1. The van der Waals surface area contributed by atoms with Crippen LogP contribution in [0.25, 0.3) is 0 Å². The van der Waals surface area contributed by atoms with Gasteiger partial charge in [0.05, 0.1) is 5.41 Å². The summed E-state index contributed by atoms with van der Waals surface area (Å²) in [6, 6.07) is 13.7. The fourth-order valence-corrected chi connectivity index (χ4v) is 2.47. The van der Waals surface area contributed by atoms with E-state index in [1.54, 1.807) is 12.1 Å². The lowest BCUT2D eigenvalue weighted by molar-refractivity contribution is -0.119. The first-order valence-corrected chi connectivity index (χ1v) is 5.79. The average Bonchev–Trinajstić information content (AvgIpc) is 2.64. The number of anilines is 1. The van der Waals surface area contributed by atoms with Crippen LogP contribution in [0.3, 0.4) is 0 Å². The molecule has 18 heavy (non-hydrogen) atoms. The first-order chi connectivity index (χ1) is 8.62. The first kappa shape index (κ1) is 11.0. The van der Waals surface area contributed by atoms with E-state index in [9.17, 15) is 9.18 Å². The maximum absolute atomic E-state index is 13.0. The van der Waals surface area contributed by atoms with Gasteiger partial charge in [0.1, 0.15) is 5.82 Å². The maximum atomic E-state index is 13.0. The molecule has 0 spiro atoms. The smallest absolute Gasteiger partial charge is 0.239 e. The quantitative estimate of drug-likeness (QED) is 0.816. The lowest BCUT2D eigenvalue weighted by Crippen LogP contribution is -2.32. The van der Waals surface area contributed by atoms with Crippen molar-refractivity contribution in [2.75, 3.05) is 5.32 Å². The third kappa shape index (κ3) is 1.37. The van der Waals surface area contributed by atoms with E-state index in [0.29, 0.717) is 0 Å². The molecule has 0 saturated heterocycles. The van der Waals surface area contributed by atoms with Crippen LogP contribution in [0.5, 0.6) is 0 Å². The van der Waals surface area contributed by atoms with Crippen molar-refractivity contribution in [3.63, 3.8) is 0 Å². The third-order valence-corrected chi connectivity index (χ3v) is 3.59. The molecule has 1 aliphatic heterocycles. The van der Waals surface area contributed by atoms with Gasteiger partial charge in [-0.25, -0.2) is 4.39 Å². The molecule has 90 valence electrons. The highest BCUT2D eigenvalue weighted by molar-refractivity contribution is 6.08. The topological polar surface area (TPSA) is 29.1 Å². The van der Waals surface area contributed by atoms with Gasteiger partial charge in [-0.05, 0) is 36.2 Å². The van der Waals surface area contributed by atoms with Gasteiger partial charge in [-0.15, -0.1) is 0 Å². The predicted molar refractivity (Wildman–Crippen MR) is 67.9 cm³/mol. The summed E-state index contributed by atoms with van der Waals surface area (Å²) >= 11 is 0. The summed E-state index contributed by atoms with van der Waals surface area (Å²) < 4.78 is 13.0. The van der Waals surface area contributed by atoms with Crippen LogP contribution in [0.2, 0.25) is 0 Å². The van der Waals surface area contributed by atoms with Gasteiger partial charge >= 0.3 is 0 Å². The van der Waals surface area contributed by atoms with Gasteiger partial charge in [-0.2, -0.15) is 0 Å². The minimum Gasteiger partial charge on any atom is -0.325 e. The molecule has 1 N–H and O–H groups in total. The van der Waals surface area contributed by atoms with Gasteiger partial charge in [0.2, 0.25) is 5.91 Å². The van der Waals surface area contributed by atoms with E-state index in [4.69, 9.17) is 0 Å². The number of carbonyl (C=O) groups excluding carboxylic acids is 1. The molecule has 1 aliphatic rings. The highest BCUT2D eigenvalue weighted by Crippen LogP contribution is 2.42. The van der Waals surface area contributed by atoms with Gasteiger partial charge in [0.15, 0.2) is 0 Å². The van der Waals surface area contributed by atoms with Crippen molar-refractivity contribution in [3.8, 4) is 0 Å². The number of carbonyl (C=O) groups is 1. The number of nitrogens with one attached hydrogen (secondary N) is 1. The molecule has 3 rings (SSSR count). The van der Waals surface area contributed by atoms with E-state index >= 15 is 0 Å². The van der Waals surface area contributed by atoms with Crippen molar-refractivity contribution in [1.82, 2.24) is 0 Å². The summed E-state index contributed by atoms with van der Waals surface area (Å²) in [5.74, 6) is -0.371. The zero-order valence-electron chi connectivity index (χ0n) is 9.91. The van der Waals surface area contributed by atoms with Crippen LogP contribution in [0.1, 0.15) is 18.1 Å². The molecule has 0 aliphatic carbocycles. The third-order valence-electron chi connectivity index (χ3n) is 3.59. The number of hydrogen-bond acceptors (Lipinski definition) is 1. The van der Waals surface area contributed by atoms with E-state index in [-0.39, 0.29) is 11.7 Å². The standard InChI is InChI=1S/C15H12FNO/c1-15(10-6-8-11(16)9-7-10)12-4-2-3-5-13(12)17-14(15)18/h2-9H,1H3,(H,17,18). The highest BCUT2D eigenvalue weighted by atomic mass is 19.1. The molecule has 1 atom stereocenters. The summed E-state index contributed by atoms with van der Waals surface area (Å²) in [7, 11) is 0. The van der Waals surface area contributed by atoms with E-state index < -0.39 is 5.41 Å². The van der Waals surface area contributed by atoms with E-state index in [1.165, 1.54) is 12.1 Å². The Hall–Kier alpha value is -2.16. The second-order valence-electron chi connectivity index (χ2n) is 4.63. The van der Waals surface area contributed by atoms with Gasteiger partial charge in [-0.3, -0.25) is 4.79 Å². The van der Waals surface area contributed by atoms with Crippen molar-refractivity contribution in [2.24, 2.45) is 0 Å². The Morgan fingerprint density at radius 3 is 2.44 bits per heavy atom. The average molecular weight is 241 g/mol. The van der Waals surface area contributed by atoms with Crippen LogP contribution in [0.4, 0.5) is 10.1 Å². The zero-order valence-corrected chi connectivity index (χ0v) is 9.91. The molecule has 1 unspecified atom stereocenters. The van der Waals surface area contributed by atoms with Gasteiger partial charge in [-0.1, -0.05) is 30.3 Å². The van der Waals surface area contributed by atoms with Crippen LogP contribution >= 0.6 is 0 Å². The summed E-state index contributed by atoms with van der Waals surface area (Å²) in [4.78, 5) is 12.2. The summed E-state index contributed by atoms with van der Waals surface area (Å²) in [5, 5.41) is 2.87. The Labute approximate surface area is 104 Å². The fraction of sp³-hybridized carbons (Fsp3) is 0.133. The second-order valence-corrected chi connectivity index (χ2v) is 4.63. The van der Waals surface area contributed by atoms with Crippen molar-refractivity contribution < 1.29 is 9.18 Å². The van der Waals surface area contributed by atoms with Crippen molar-refractivity contribution in [2.45, 2.75) is 12.3 Å². The zero-order chi connectivity index (χ0) is 12.8. The monoisotopic (exact) mass is 241 g/mol. The maximum Gasteiger partial charge on any atom is 0.239 e. The minimum absolute atomic E-state index is 0.0738. The number of para-hydroxylation sites is 1. The summed E-state index contributed by atoms with van der Waals surface area (Å²) in [6.45, 7) is 1.86. The Morgan fingerprint density at radius 1 is 1.06 bits per heavy atom. The molecule has 1 amide bonds. The fourth-order valence-electron chi connectivity index (χ4n) is 2.47. The molecule has 0 bridgehead atoms. The van der Waals surface area contributed by atoms with Crippen LogP contribution in [-0.2, 0) is 10.2 Å². The van der Waals surface area contributed by atoms with Gasteiger partial charge in [0.25, 0.3) is 0 Å². The number of rotatable bonds is 1. The molecule has 3 heteroatoms. The van der Waals surface area contributed by atoms with Crippen LogP contribution in [-0.4, -0.2) is 5.91 Å². The van der Waals surface area contributed by atoms with Crippen molar-refractivity contribution >= 4 is 11.6 Å². The Kier molecular flexibility index (Phi) is 2.23. The Morgan fingerprint density at radius 2 is 1.72 bits per heavy atom. The lowest BCUT2D eigenvalue weighted by atomic mass is 9.77. The first-order valence-electron chi connectivity index (χ1n) is 5.79. The summed E-state index contributed by atoms with van der Waals surface area (Å²) in [6.07, 6.45) is 0. The van der Waals surface area contributed by atoms with E-state index in [0.717, 1.165) is 16.8 Å². The molecule has 2 aromatic carbocycles. The second kappa shape index (κ2) is 3.67. The van der Waals surface area contributed by atoms with Crippen LogP contribution < -0.4 is 5.32 Å². The van der Waals surface area contributed by atoms with E-state index in [2.05, 4.69) is 5.32 Å². The molecule has 0 radical (unpaired) electrons. The predicted octanol–water partition coefficient (Wildman–Crippen LogP) is 3.08. The van der Waals surface area contributed by atoms with Crippen molar-refractivity contribution in [3.05, 3.63) is 65.5 Å². The largest absolute Gasteiger partial charge is 0.325 e. The number of hydrogen-bond donors (Lipinski definition) is 1. The highest BCUT2D eigenvalue weighted by Gasteiger charge is 2.43. The normalized spacial score (nSPS) is 21.6. The molecule has 2 nitrogen and oxygen atoms in total. The van der Waals surface area contributed by atoms with E-state index in [1.807, 2.05) is 31.2 Å². The number of halogens is 1. The molecule has 0 saturated carbocycles. The Balaban J connectivity index is 2.20. The molecular weight excluding hydrogens is 229 g/mol. The van der Waals surface area contributed by atoms with Gasteiger partial charge in [0, 0.05) is 5.69 Å². The van der Waals surface area contributed by atoms with Crippen LogP contribution in [0.15, 0.2) is 48.5 Å². The SMILES string of the molecule is CC1(c2ccc(F)cc2)C(=O)Nc2ccccc21. The molecule has 2 aromatic rings. The minimum atomic E-state index is -0.746. The lowest BCUT2D eigenvalue weighted by Gasteiger charge is -2.22. The van der Waals surface area contributed by atoms with Crippen LogP contribution in [0, 0.1) is 5.82 Å². The van der Waals surface area contributed by atoms with Crippen molar-refractivity contribution in [1.29, 1.82) is 0 Å². The van der Waals surface area contributed by atoms with Gasteiger partial charge < -0.3 is 5.32 Å². The summed E-state index contributed by atoms with van der Waals surface area (Å²) in [5.41, 5.74) is 1.81. The molecular formula is C15H12FNO. The molecule has 0 fully saturated rings. The number of benzene rings is 2. The molecule has 1 heterocycles. The number of fused-ring (bicyclic) bond motifs is 1.